The Balaban J connectivity index is 0.00000221. The van der Waals surface area contributed by atoms with Gasteiger partial charge in [0.05, 0.1) is 36.3 Å². The summed E-state index contributed by atoms with van der Waals surface area (Å²) in [4.78, 5) is 39.9. The standard InChI is InChI=1S/C32H35N9O5.C2H6/c1-32(2,3)46-31(43)40-14-12-20(13-15-40)41-18-19(16-35-41)36-30-34-17-22(27(33)42)28(39-30)37-24-10-7-8-21(26(24)44-4)29-38-23-9-5-6-11-25(23)45-29;1-2/h5-11,16-18,20H,12-15H2,1-4H3,(H2,33,42)(H2,34,36,37,39);1-2H3. The molecule has 2 amide bonds. The number of likely N-dealkylation sites (tertiary alicyclic amines) is 1. The molecule has 0 atom stereocenters. The number of carbonyl (C=O) groups is 2. The number of benzene rings is 2. The number of anilines is 4. The molecule has 6 rings (SSSR count). The van der Waals surface area contributed by atoms with Gasteiger partial charge in [0.1, 0.15) is 22.5 Å². The van der Waals surface area contributed by atoms with Crippen molar-refractivity contribution in [2.75, 3.05) is 30.8 Å². The number of hydrogen-bond acceptors (Lipinski definition) is 11. The van der Waals surface area contributed by atoms with Crippen LogP contribution in [0.1, 0.15) is 63.9 Å². The van der Waals surface area contributed by atoms with Crippen molar-refractivity contribution in [3.63, 3.8) is 0 Å². The van der Waals surface area contributed by atoms with Gasteiger partial charge >= 0.3 is 6.09 Å². The van der Waals surface area contributed by atoms with E-state index in [9.17, 15) is 9.59 Å². The Morgan fingerprint density at radius 3 is 2.44 bits per heavy atom. The van der Waals surface area contributed by atoms with E-state index in [1.807, 2.05) is 81.9 Å². The molecule has 0 spiro atoms. The van der Waals surface area contributed by atoms with Crippen LogP contribution < -0.4 is 21.1 Å². The van der Waals surface area contributed by atoms with Crippen LogP contribution in [-0.4, -0.2) is 67.4 Å². The molecule has 0 bridgehead atoms. The molecule has 0 radical (unpaired) electrons. The lowest BCUT2D eigenvalue weighted by atomic mass is 10.1. The molecule has 4 heterocycles. The minimum atomic E-state index is -0.700. The Morgan fingerprint density at radius 1 is 1.00 bits per heavy atom. The zero-order chi connectivity index (χ0) is 34.4. The molecular weight excluding hydrogens is 614 g/mol. The van der Waals surface area contributed by atoms with Crippen LogP contribution in [0.2, 0.25) is 0 Å². The first-order valence-electron chi connectivity index (χ1n) is 15.8. The number of rotatable bonds is 8. The summed E-state index contributed by atoms with van der Waals surface area (Å²) in [6.07, 6.45) is 6.06. The molecule has 1 saturated heterocycles. The number of para-hydroxylation sites is 3. The number of methoxy groups -OCH3 is 1. The van der Waals surface area contributed by atoms with Gasteiger partial charge in [-0.25, -0.2) is 14.8 Å². The van der Waals surface area contributed by atoms with Crippen molar-refractivity contribution in [1.29, 1.82) is 0 Å². The van der Waals surface area contributed by atoms with Crippen molar-refractivity contribution in [3.8, 4) is 17.2 Å². The molecule has 252 valence electrons. The normalized spacial score (nSPS) is 13.4. The van der Waals surface area contributed by atoms with E-state index in [2.05, 4.69) is 30.7 Å². The summed E-state index contributed by atoms with van der Waals surface area (Å²) in [5, 5.41) is 10.8. The van der Waals surface area contributed by atoms with Crippen LogP contribution in [0.4, 0.5) is 27.9 Å². The first-order valence-corrected chi connectivity index (χ1v) is 15.8. The molecule has 0 unspecified atom stereocenters. The molecule has 14 nitrogen and oxygen atoms in total. The maximum Gasteiger partial charge on any atom is 0.410 e. The number of amides is 2. The number of nitrogens with zero attached hydrogens (tertiary/aromatic N) is 6. The maximum absolute atomic E-state index is 12.4. The van der Waals surface area contributed by atoms with Crippen molar-refractivity contribution in [3.05, 3.63) is 66.6 Å². The summed E-state index contributed by atoms with van der Waals surface area (Å²) in [6, 6.07) is 13.0. The van der Waals surface area contributed by atoms with Crippen LogP contribution >= 0.6 is 0 Å². The van der Waals surface area contributed by atoms with Crippen molar-refractivity contribution >= 4 is 46.2 Å². The summed E-state index contributed by atoms with van der Waals surface area (Å²) in [6.45, 7) is 10.7. The highest BCUT2D eigenvalue weighted by Gasteiger charge is 2.28. The summed E-state index contributed by atoms with van der Waals surface area (Å²) in [5.41, 5.74) is 8.37. The Labute approximate surface area is 278 Å². The van der Waals surface area contributed by atoms with Gasteiger partial charge in [0.15, 0.2) is 11.3 Å². The summed E-state index contributed by atoms with van der Waals surface area (Å²) in [7, 11) is 1.54. The van der Waals surface area contributed by atoms with Crippen molar-refractivity contribution in [2.24, 2.45) is 5.73 Å². The summed E-state index contributed by atoms with van der Waals surface area (Å²) < 4.78 is 19.1. The molecule has 2 aromatic carbocycles. The van der Waals surface area contributed by atoms with E-state index in [-0.39, 0.29) is 29.5 Å². The van der Waals surface area contributed by atoms with Gasteiger partial charge in [-0.05, 0) is 57.9 Å². The number of fused-ring (bicyclic) bond motifs is 1. The second-order valence-electron chi connectivity index (χ2n) is 11.9. The van der Waals surface area contributed by atoms with Crippen LogP contribution in [0, 0.1) is 0 Å². The third-order valence-corrected chi connectivity index (χ3v) is 7.40. The molecule has 48 heavy (non-hydrogen) atoms. The predicted octanol–water partition coefficient (Wildman–Crippen LogP) is 6.67. The zero-order valence-electron chi connectivity index (χ0n) is 28.0. The molecule has 1 aliphatic heterocycles. The van der Waals surface area contributed by atoms with Gasteiger partial charge in [-0.3, -0.25) is 9.48 Å². The lowest BCUT2D eigenvalue weighted by Crippen LogP contribution is -2.42. The highest BCUT2D eigenvalue weighted by atomic mass is 16.6. The van der Waals surface area contributed by atoms with Gasteiger partial charge in [-0.2, -0.15) is 10.1 Å². The number of aromatic nitrogens is 5. The smallest absolute Gasteiger partial charge is 0.410 e. The number of oxazole rings is 1. The Hall–Kier alpha value is -5.66. The van der Waals surface area contributed by atoms with Crippen LogP contribution in [0.5, 0.6) is 5.75 Å². The van der Waals surface area contributed by atoms with Crippen LogP contribution in [0.15, 0.2) is 65.5 Å². The van der Waals surface area contributed by atoms with Gasteiger partial charge in [-0.1, -0.05) is 32.0 Å². The SMILES string of the molecule is CC.COc1c(Nc2nc(Nc3cnn(C4CCN(C(=O)OC(C)(C)C)CC4)c3)ncc2C(N)=O)cccc1-c1nc2ccccc2o1. The van der Waals surface area contributed by atoms with Crippen molar-refractivity contribution in [2.45, 2.75) is 59.1 Å². The zero-order valence-corrected chi connectivity index (χ0v) is 28.0. The van der Waals surface area contributed by atoms with E-state index in [0.717, 1.165) is 18.4 Å². The number of ether oxygens (including phenoxy) is 2. The van der Waals surface area contributed by atoms with E-state index in [1.54, 1.807) is 17.2 Å². The second kappa shape index (κ2) is 14.4. The highest BCUT2D eigenvalue weighted by Crippen LogP contribution is 2.39. The molecule has 1 aliphatic rings. The topological polar surface area (TPSA) is 176 Å². The number of primary amides is 1. The quantitative estimate of drug-likeness (QED) is 0.163. The molecule has 1 fully saturated rings. The van der Waals surface area contributed by atoms with Gasteiger partial charge < -0.3 is 35.2 Å². The lowest BCUT2D eigenvalue weighted by Gasteiger charge is -2.33. The number of piperidine rings is 1. The highest BCUT2D eigenvalue weighted by molar-refractivity contribution is 5.98. The summed E-state index contributed by atoms with van der Waals surface area (Å²) >= 11 is 0. The van der Waals surface area contributed by atoms with Crippen LogP contribution in [0.25, 0.3) is 22.6 Å². The molecule has 0 saturated carbocycles. The molecule has 5 aromatic rings. The first kappa shape index (κ1) is 33.7. The second-order valence-corrected chi connectivity index (χ2v) is 11.9. The molecule has 3 aromatic heterocycles. The van der Waals surface area contributed by atoms with E-state index < -0.39 is 11.5 Å². The lowest BCUT2D eigenvalue weighted by molar-refractivity contribution is 0.0184. The Morgan fingerprint density at radius 2 is 1.75 bits per heavy atom. The summed E-state index contributed by atoms with van der Waals surface area (Å²) in [5.74, 6) is 0.528. The van der Waals surface area contributed by atoms with Gasteiger partial charge in [0.2, 0.25) is 11.8 Å². The number of hydrogen-bond donors (Lipinski definition) is 3. The third-order valence-electron chi connectivity index (χ3n) is 7.40. The van der Waals surface area contributed by atoms with Crippen LogP contribution in [-0.2, 0) is 4.74 Å². The van der Waals surface area contributed by atoms with Crippen molar-refractivity contribution in [1.82, 2.24) is 29.6 Å². The fourth-order valence-electron chi connectivity index (χ4n) is 5.23. The van der Waals surface area contributed by atoms with Gasteiger partial charge in [-0.15, -0.1) is 0 Å². The molecular formula is C34H41N9O5. The number of nitrogens with one attached hydrogen (secondary N) is 2. The fraction of sp³-hybridized carbons (Fsp3) is 0.353. The predicted molar refractivity (Wildman–Crippen MR) is 183 cm³/mol. The number of carbonyl (C=O) groups excluding carboxylic acids is 2. The average molecular weight is 656 g/mol. The Kier molecular flexibility index (Phi) is 10.1. The molecule has 14 heteroatoms. The molecule has 4 N–H and O–H groups in total. The van der Waals surface area contributed by atoms with Crippen molar-refractivity contribution < 1.29 is 23.5 Å². The van der Waals surface area contributed by atoms with Gasteiger partial charge in [0, 0.05) is 25.5 Å². The third kappa shape index (κ3) is 7.65. The fourth-order valence-corrected chi connectivity index (χ4v) is 5.23. The Bertz CT molecular complexity index is 1850. The first-order chi connectivity index (χ1) is 23.1. The average Bonchev–Trinajstić information content (AvgIpc) is 3.72. The monoisotopic (exact) mass is 655 g/mol. The van der Waals surface area contributed by atoms with Gasteiger partial charge in [0.25, 0.3) is 5.91 Å². The maximum atomic E-state index is 12.4. The molecule has 0 aliphatic carbocycles. The van der Waals surface area contributed by atoms with Crippen LogP contribution in [0.3, 0.4) is 0 Å². The van der Waals surface area contributed by atoms with E-state index >= 15 is 0 Å². The largest absolute Gasteiger partial charge is 0.494 e. The minimum absolute atomic E-state index is 0.0901. The van der Waals surface area contributed by atoms with E-state index in [1.165, 1.54) is 13.3 Å². The number of nitrogens with two attached hydrogens (primary N) is 1. The minimum Gasteiger partial charge on any atom is -0.494 e. The van der Waals surface area contributed by atoms with E-state index in [0.29, 0.717) is 47.3 Å². The van der Waals surface area contributed by atoms with E-state index in [4.69, 9.17) is 19.6 Å².